The van der Waals surface area contributed by atoms with Crippen molar-refractivity contribution in [1.29, 1.82) is 0 Å². The third-order valence-corrected chi connectivity index (χ3v) is 3.29. The molecule has 2 N–H and O–H groups in total. The largest absolute Gasteiger partial charge is 0.386 e. The number of benzene rings is 1. The number of aromatic nitrogens is 1. The van der Waals surface area contributed by atoms with Crippen molar-refractivity contribution in [2.75, 3.05) is 6.54 Å². The lowest BCUT2D eigenvalue weighted by atomic mass is 10.1. The van der Waals surface area contributed by atoms with Gasteiger partial charge in [-0.1, -0.05) is 18.2 Å². The fraction of sp³-hybridized carbons (Fsp3) is 0.312. The van der Waals surface area contributed by atoms with E-state index in [1.807, 2.05) is 24.6 Å². The van der Waals surface area contributed by atoms with Gasteiger partial charge in [-0.25, -0.2) is 4.39 Å². The Morgan fingerprint density at radius 1 is 1.29 bits per heavy atom. The van der Waals surface area contributed by atoms with E-state index in [0.29, 0.717) is 5.69 Å². The Hall–Kier alpha value is -2.14. The summed E-state index contributed by atoms with van der Waals surface area (Å²) in [5.41, 5.74) is 0.697. The van der Waals surface area contributed by atoms with Crippen LogP contribution in [0.25, 0.3) is 0 Å². The van der Waals surface area contributed by atoms with Crippen LogP contribution in [0.15, 0.2) is 42.6 Å². The average molecular weight is 290 g/mol. The minimum atomic E-state index is -1.07. The van der Waals surface area contributed by atoms with Gasteiger partial charge in [0.05, 0.1) is 6.10 Å². The molecule has 21 heavy (non-hydrogen) atoms. The third-order valence-electron chi connectivity index (χ3n) is 3.29. The Labute approximate surface area is 123 Å². The van der Waals surface area contributed by atoms with Crippen LogP contribution in [0, 0.1) is 5.82 Å². The second-order valence-corrected chi connectivity index (χ2v) is 5.14. The summed E-state index contributed by atoms with van der Waals surface area (Å²) in [6.45, 7) is 3.92. The third kappa shape index (κ3) is 3.49. The van der Waals surface area contributed by atoms with Gasteiger partial charge < -0.3 is 15.0 Å². The Bertz CT molecular complexity index is 622. The highest BCUT2D eigenvalue weighted by Crippen LogP contribution is 2.16. The Morgan fingerprint density at radius 2 is 2.00 bits per heavy atom. The van der Waals surface area contributed by atoms with Crippen molar-refractivity contribution in [3.05, 3.63) is 59.7 Å². The molecule has 0 radical (unpaired) electrons. The molecule has 0 spiro atoms. The van der Waals surface area contributed by atoms with Crippen LogP contribution in [0.1, 0.15) is 42.0 Å². The van der Waals surface area contributed by atoms with Crippen molar-refractivity contribution >= 4 is 5.91 Å². The lowest BCUT2D eigenvalue weighted by Crippen LogP contribution is -2.30. The summed E-state index contributed by atoms with van der Waals surface area (Å²) in [7, 11) is 0. The van der Waals surface area contributed by atoms with E-state index in [0.717, 1.165) is 0 Å². The number of hydrogen-bond donors (Lipinski definition) is 2. The van der Waals surface area contributed by atoms with Crippen LogP contribution >= 0.6 is 0 Å². The van der Waals surface area contributed by atoms with Gasteiger partial charge in [0.2, 0.25) is 0 Å². The maximum atomic E-state index is 13.5. The fourth-order valence-corrected chi connectivity index (χ4v) is 2.17. The molecule has 2 rings (SSSR count). The van der Waals surface area contributed by atoms with E-state index in [-0.39, 0.29) is 24.1 Å². The highest BCUT2D eigenvalue weighted by Gasteiger charge is 2.16. The van der Waals surface area contributed by atoms with Crippen molar-refractivity contribution < 1.29 is 14.3 Å². The summed E-state index contributed by atoms with van der Waals surface area (Å²) in [6.07, 6.45) is 0.755. The van der Waals surface area contributed by atoms with Gasteiger partial charge >= 0.3 is 0 Å². The SMILES string of the molecule is CC(C)n1cccc1C(=O)NCC(O)c1ccccc1F. The summed E-state index contributed by atoms with van der Waals surface area (Å²) in [6, 6.07) is 9.66. The van der Waals surface area contributed by atoms with Crippen LogP contribution in [0.2, 0.25) is 0 Å². The standard InChI is InChI=1S/C16H19FN2O2/c1-11(2)19-9-5-8-14(19)16(21)18-10-15(20)12-6-3-4-7-13(12)17/h3-9,11,15,20H,10H2,1-2H3,(H,18,21). The number of nitrogens with zero attached hydrogens (tertiary/aromatic N) is 1. The second-order valence-electron chi connectivity index (χ2n) is 5.14. The number of rotatable bonds is 5. The number of hydrogen-bond acceptors (Lipinski definition) is 2. The topological polar surface area (TPSA) is 54.3 Å². The Balaban J connectivity index is 2.01. The highest BCUT2D eigenvalue weighted by atomic mass is 19.1. The van der Waals surface area contributed by atoms with E-state index in [4.69, 9.17) is 0 Å². The molecule has 1 aromatic heterocycles. The van der Waals surface area contributed by atoms with E-state index >= 15 is 0 Å². The number of aliphatic hydroxyl groups excluding tert-OH is 1. The number of carbonyl (C=O) groups is 1. The predicted molar refractivity (Wildman–Crippen MR) is 78.5 cm³/mol. The summed E-state index contributed by atoms with van der Waals surface area (Å²) >= 11 is 0. The van der Waals surface area contributed by atoms with Gasteiger partial charge in [0, 0.05) is 24.3 Å². The predicted octanol–water partition coefficient (Wildman–Crippen LogP) is 2.67. The molecule has 112 valence electrons. The molecule has 5 heteroatoms. The smallest absolute Gasteiger partial charge is 0.268 e. The molecule has 0 aliphatic heterocycles. The van der Waals surface area contributed by atoms with E-state index in [2.05, 4.69) is 5.32 Å². The second kappa shape index (κ2) is 6.54. The molecule has 4 nitrogen and oxygen atoms in total. The van der Waals surface area contributed by atoms with Crippen LogP contribution < -0.4 is 5.32 Å². The van der Waals surface area contributed by atoms with Crippen molar-refractivity contribution in [3.8, 4) is 0 Å². The molecule has 2 aromatic rings. The summed E-state index contributed by atoms with van der Waals surface area (Å²) in [5, 5.41) is 12.6. The zero-order chi connectivity index (χ0) is 15.4. The van der Waals surface area contributed by atoms with E-state index in [1.54, 1.807) is 24.3 Å². The van der Waals surface area contributed by atoms with Gasteiger partial charge in [0.1, 0.15) is 11.5 Å². The van der Waals surface area contributed by atoms with Gasteiger partial charge in [-0.05, 0) is 32.0 Å². The van der Waals surface area contributed by atoms with Gasteiger partial charge in [0.25, 0.3) is 5.91 Å². The van der Waals surface area contributed by atoms with Gasteiger partial charge in [-0.2, -0.15) is 0 Å². The van der Waals surface area contributed by atoms with Crippen molar-refractivity contribution in [1.82, 2.24) is 9.88 Å². The Kier molecular flexibility index (Phi) is 4.75. The van der Waals surface area contributed by atoms with Gasteiger partial charge in [-0.3, -0.25) is 4.79 Å². The quantitative estimate of drug-likeness (QED) is 0.889. The molecule has 0 saturated heterocycles. The van der Waals surface area contributed by atoms with Crippen molar-refractivity contribution in [2.24, 2.45) is 0 Å². The highest BCUT2D eigenvalue weighted by molar-refractivity contribution is 5.92. The molecule has 1 heterocycles. The zero-order valence-electron chi connectivity index (χ0n) is 12.1. The monoisotopic (exact) mass is 290 g/mol. The van der Waals surface area contributed by atoms with Crippen LogP contribution in [0.4, 0.5) is 4.39 Å². The first-order chi connectivity index (χ1) is 10.0. The molecule has 0 fully saturated rings. The molecule has 0 aliphatic carbocycles. The fourth-order valence-electron chi connectivity index (χ4n) is 2.17. The minimum Gasteiger partial charge on any atom is -0.386 e. The van der Waals surface area contributed by atoms with Gasteiger partial charge in [0.15, 0.2) is 0 Å². The molecule has 1 aromatic carbocycles. The molecule has 0 bridgehead atoms. The van der Waals surface area contributed by atoms with Crippen LogP contribution in [0.5, 0.6) is 0 Å². The van der Waals surface area contributed by atoms with Crippen LogP contribution in [-0.4, -0.2) is 22.1 Å². The van der Waals surface area contributed by atoms with Crippen molar-refractivity contribution in [2.45, 2.75) is 26.0 Å². The van der Waals surface area contributed by atoms with E-state index in [1.165, 1.54) is 12.1 Å². The summed E-state index contributed by atoms with van der Waals surface area (Å²) in [4.78, 5) is 12.1. The van der Waals surface area contributed by atoms with Gasteiger partial charge in [-0.15, -0.1) is 0 Å². The average Bonchev–Trinajstić information content (AvgIpc) is 2.94. The maximum absolute atomic E-state index is 13.5. The molecule has 1 unspecified atom stereocenters. The number of amides is 1. The molecule has 1 amide bonds. The minimum absolute atomic E-state index is 0.0386. The first-order valence-electron chi connectivity index (χ1n) is 6.88. The number of halogens is 1. The zero-order valence-corrected chi connectivity index (χ0v) is 12.1. The first-order valence-corrected chi connectivity index (χ1v) is 6.88. The number of nitrogens with one attached hydrogen (secondary N) is 1. The lowest BCUT2D eigenvalue weighted by Gasteiger charge is -2.15. The van der Waals surface area contributed by atoms with Crippen LogP contribution in [0.3, 0.4) is 0 Å². The first kappa shape index (κ1) is 15.3. The normalized spacial score (nSPS) is 12.4. The number of aliphatic hydroxyl groups is 1. The molecular formula is C16H19FN2O2. The molecule has 0 saturated carbocycles. The van der Waals surface area contributed by atoms with E-state index in [9.17, 15) is 14.3 Å². The summed E-state index contributed by atoms with van der Waals surface area (Å²) in [5.74, 6) is -0.770. The maximum Gasteiger partial charge on any atom is 0.268 e. The Morgan fingerprint density at radius 3 is 2.67 bits per heavy atom. The molecule has 1 atom stereocenters. The number of carbonyl (C=O) groups excluding carboxylic acids is 1. The van der Waals surface area contributed by atoms with Crippen LogP contribution in [-0.2, 0) is 0 Å². The lowest BCUT2D eigenvalue weighted by molar-refractivity contribution is 0.0903. The van der Waals surface area contributed by atoms with E-state index < -0.39 is 11.9 Å². The van der Waals surface area contributed by atoms with Crippen molar-refractivity contribution in [3.63, 3.8) is 0 Å². The summed E-state index contributed by atoms with van der Waals surface area (Å²) < 4.78 is 15.4. The molecule has 0 aliphatic rings. The molecular weight excluding hydrogens is 271 g/mol.